The summed E-state index contributed by atoms with van der Waals surface area (Å²) >= 11 is 6.03. The normalized spacial score (nSPS) is 11.1. The highest BCUT2D eigenvalue weighted by atomic mass is 35.5. The summed E-state index contributed by atoms with van der Waals surface area (Å²) in [5.41, 5.74) is 2.59. The molecule has 0 aliphatic carbocycles. The summed E-state index contributed by atoms with van der Waals surface area (Å²) in [5.74, 6) is -0.0171. The van der Waals surface area contributed by atoms with Crippen molar-refractivity contribution in [1.29, 1.82) is 0 Å². The Morgan fingerprint density at radius 1 is 1.03 bits per heavy atom. The summed E-state index contributed by atoms with van der Waals surface area (Å²) in [7, 11) is -2.52. The van der Waals surface area contributed by atoms with Crippen molar-refractivity contribution in [2.75, 3.05) is 23.3 Å². The average Bonchev–Trinajstić information content (AvgIpc) is 2.75. The summed E-state index contributed by atoms with van der Waals surface area (Å²) in [6.45, 7) is 3.28. The van der Waals surface area contributed by atoms with Crippen LogP contribution in [0.1, 0.15) is 11.1 Å². The smallest absolute Gasteiger partial charge is 0.264 e. The van der Waals surface area contributed by atoms with Crippen molar-refractivity contribution in [2.24, 2.45) is 0 Å². The number of benzene rings is 3. The number of rotatable bonds is 7. The van der Waals surface area contributed by atoms with Crippen LogP contribution in [-0.2, 0) is 14.8 Å². The molecular formula is C23H23ClN2O4S. The van der Waals surface area contributed by atoms with Crippen LogP contribution in [0.3, 0.4) is 0 Å². The van der Waals surface area contributed by atoms with Gasteiger partial charge in [-0.25, -0.2) is 8.42 Å². The lowest BCUT2D eigenvalue weighted by atomic mass is 10.2. The minimum absolute atomic E-state index is 0.0904. The van der Waals surface area contributed by atoms with Crippen LogP contribution >= 0.6 is 11.6 Å². The maximum atomic E-state index is 13.4. The molecule has 0 spiro atoms. The zero-order valence-corrected chi connectivity index (χ0v) is 19.0. The molecule has 0 saturated heterocycles. The lowest BCUT2D eigenvalue weighted by Crippen LogP contribution is -2.38. The molecule has 0 atom stereocenters. The predicted octanol–water partition coefficient (Wildman–Crippen LogP) is 4.80. The number of methoxy groups -OCH3 is 1. The van der Waals surface area contributed by atoms with E-state index in [0.29, 0.717) is 22.1 Å². The third-order valence-corrected chi connectivity index (χ3v) is 6.73. The Labute approximate surface area is 187 Å². The van der Waals surface area contributed by atoms with E-state index < -0.39 is 22.5 Å². The topological polar surface area (TPSA) is 75.7 Å². The number of sulfonamides is 1. The van der Waals surface area contributed by atoms with Gasteiger partial charge in [0.25, 0.3) is 10.0 Å². The fourth-order valence-corrected chi connectivity index (χ4v) is 4.55. The minimum atomic E-state index is -4.01. The van der Waals surface area contributed by atoms with E-state index in [1.165, 1.54) is 19.2 Å². The number of hydrogen-bond acceptors (Lipinski definition) is 4. The largest absolute Gasteiger partial charge is 0.497 e. The van der Waals surface area contributed by atoms with Crippen molar-refractivity contribution >= 4 is 38.9 Å². The molecule has 0 fully saturated rings. The molecule has 0 unspecified atom stereocenters. The van der Waals surface area contributed by atoms with Gasteiger partial charge in [-0.3, -0.25) is 9.10 Å². The van der Waals surface area contributed by atoms with Crippen LogP contribution in [0.4, 0.5) is 11.4 Å². The van der Waals surface area contributed by atoms with Gasteiger partial charge in [0.05, 0.1) is 17.7 Å². The van der Waals surface area contributed by atoms with Crippen LogP contribution in [0.15, 0.2) is 71.6 Å². The molecule has 8 heteroatoms. The maximum Gasteiger partial charge on any atom is 0.264 e. The zero-order chi connectivity index (χ0) is 22.6. The van der Waals surface area contributed by atoms with Crippen LogP contribution in [0.5, 0.6) is 5.75 Å². The second-order valence-corrected chi connectivity index (χ2v) is 9.33. The molecule has 0 aliphatic rings. The summed E-state index contributed by atoms with van der Waals surface area (Å²) in [6, 6.07) is 18.2. The Morgan fingerprint density at radius 3 is 2.42 bits per heavy atom. The van der Waals surface area contributed by atoms with Gasteiger partial charge >= 0.3 is 0 Å². The number of carbonyl (C=O) groups is 1. The Balaban J connectivity index is 1.98. The van der Waals surface area contributed by atoms with Gasteiger partial charge in [-0.2, -0.15) is 0 Å². The van der Waals surface area contributed by atoms with Gasteiger partial charge < -0.3 is 10.1 Å². The third kappa shape index (κ3) is 5.37. The average molecular weight is 459 g/mol. The van der Waals surface area contributed by atoms with Gasteiger partial charge in [0.15, 0.2) is 0 Å². The van der Waals surface area contributed by atoms with Crippen LogP contribution in [0.25, 0.3) is 0 Å². The summed E-state index contributed by atoms with van der Waals surface area (Å²) < 4.78 is 33.2. The zero-order valence-electron chi connectivity index (χ0n) is 17.4. The highest BCUT2D eigenvalue weighted by Gasteiger charge is 2.27. The summed E-state index contributed by atoms with van der Waals surface area (Å²) in [6.07, 6.45) is 0. The number of nitrogens with zero attached hydrogens (tertiary/aromatic N) is 1. The second kappa shape index (κ2) is 9.41. The molecular weight excluding hydrogens is 436 g/mol. The van der Waals surface area contributed by atoms with Crippen molar-refractivity contribution in [2.45, 2.75) is 18.7 Å². The fourth-order valence-electron chi connectivity index (χ4n) is 2.97. The minimum Gasteiger partial charge on any atom is -0.497 e. The molecule has 3 rings (SSSR count). The monoisotopic (exact) mass is 458 g/mol. The molecule has 0 aromatic heterocycles. The van der Waals surface area contributed by atoms with E-state index in [1.54, 1.807) is 54.6 Å². The van der Waals surface area contributed by atoms with Gasteiger partial charge in [-0.15, -0.1) is 0 Å². The van der Waals surface area contributed by atoms with Gasteiger partial charge in [-0.05, 0) is 55.8 Å². The molecule has 3 aromatic rings. The highest BCUT2D eigenvalue weighted by molar-refractivity contribution is 7.92. The number of amides is 1. The molecule has 6 nitrogen and oxygen atoms in total. The molecule has 1 amide bonds. The Hall–Kier alpha value is -3.03. The predicted molar refractivity (Wildman–Crippen MR) is 124 cm³/mol. The number of hydrogen-bond donors (Lipinski definition) is 1. The quantitative estimate of drug-likeness (QED) is 0.551. The molecule has 31 heavy (non-hydrogen) atoms. The maximum absolute atomic E-state index is 13.4. The molecule has 1 N–H and O–H groups in total. The van der Waals surface area contributed by atoms with Crippen LogP contribution in [0.2, 0.25) is 5.02 Å². The van der Waals surface area contributed by atoms with E-state index in [4.69, 9.17) is 16.3 Å². The Morgan fingerprint density at radius 2 is 1.74 bits per heavy atom. The lowest BCUT2D eigenvalue weighted by Gasteiger charge is -2.24. The van der Waals surface area contributed by atoms with E-state index in [0.717, 1.165) is 15.4 Å². The van der Waals surface area contributed by atoms with Crippen molar-refractivity contribution in [1.82, 2.24) is 0 Å². The van der Waals surface area contributed by atoms with Gasteiger partial charge in [0.2, 0.25) is 5.91 Å². The first kappa shape index (κ1) is 22.7. The SMILES string of the molecule is COc1cccc(N(CC(=O)Nc2cc(Cl)ccc2C)S(=O)(=O)c2ccc(C)cc2)c1. The van der Waals surface area contributed by atoms with Crippen LogP contribution in [0, 0.1) is 13.8 Å². The third-order valence-electron chi connectivity index (χ3n) is 4.71. The summed E-state index contributed by atoms with van der Waals surface area (Å²) in [4.78, 5) is 12.9. The molecule has 0 heterocycles. The number of halogens is 1. The number of ether oxygens (including phenoxy) is 1. The van der Waals surface area contributed by atoms with E-state index in [-0.39, 0.29) is 4.90 Å². The Kier molecular flexibility index (Phi) is 6.87. The van der Waals surface area contributed by atoms with Gasteiger partial charge in [0, 0.05) is 16.8 Å². The standard InChI is InChI=1S/C23H23ClN2O4S/c1-16-7-11-21(12-8-16)31(28,29)26(19-5-4-6-20(14-19)30-3)15-23(27)25-22-13-18(24)10-9-17(22)2/h4-14H,15H2,1-3H3,(H,25,27). The second-order valence-electron chi connectivity index (χ2n) is 7.03. The molecule has 3 aromatic carbocycles. The fraction of sp³-hybridized carbons (Fsp3) is 0.174. The van der Waals surface area contributed by atoms with Crippen LogP contribution < -0.4 is 14.4 Å². The van der Waals surface area contributed by atoms with Crippen molar-refractivity contribution < 1.29 is 17.9 Å². The van der Waals surface area contributed by atoms with Crippen molar-refractivity contribution in [3.8, 4) is 5.75 Å². The molecule has 0 saturated carbocycles. The lowest BCUT2D eigenvalue weighted by molar-refractivity contribution is -0.114. The number of nitrogens with one attached hydrogen (secondary N) is 1. The summed E-state index contributed by atoms with van der Waals surface area (Å²) in [5, 5.41) is 3.22. The first-order chi connectivity index (χ1) is 14.7. The Bertz CT molecular complexity index is 1190. The molecule has 0 radical (unpaired) electrons. The number of carbonyl (C=O) groups excluding carboxylic acids is 1. The first-order valence-corrected chi connectivity index (χ1v) is 11.3. The van der Waals surface area contributed by atoms with Gasteiger partial charge in [-0.1, -0.05) is 41.4 Å². The van der Waals surface area contributed by atoms with Crippen molar-refractivity contribution in [3.63, 3.8) is 0 Å². The van der Waals surface area contributed by atoms with E-state index in [2.05, 4.69) is 5.32 Å². The first-order valence-electron chi connectivity index (χ1n) is 9.50. The molecule has 0 bridgehead atoms. The van der Waals surface area contributed by atoms with E-state index >= 15 is 0 Å². The van der Waals surface area contributed by atoms with E-state index in [1.807, 2.05) is 13.8 Å². The number of anilines is 2. The van der Waals surface area contributed by atoms with E-state index in [9.17, 15) is 13.2 Å². The number of aryl methyl sites for hydroxylation is 2. The van der Waals surface area contributed by atoms with Gasteiger partial charge in [0.1, 0.15) is 12.3 Å². The van der Waals surface area contributed by atoms with Crippen molar-refractivity contribution in [3.05, 3.63) is 82.9 Å². The molecule has 0 aliphatic heterocycles. The van der Waals surface area contributed by atoms with Crippen LogP contribution in [-0.4, -0.2) is 28.0 Å². The highest BCUT2D eigenvalue weighted by Crippen LogP contribution is 2.27. The molecule has 162 valence electrons.